The molecule has 1 aromatic carbocycles. The van der Waals surface area contributed by atoms with E-state index in [1.807, 2.05) is 24.3 Å². The van der Waals surface area contributed by atoms with Crippen LogP contribution in [-0.4, -0.2) is 11.7 Å². The summed E-state index contributed by atoms with van der Waals surface area (Å²) >= 11 is 0. The minimum Gasteiger partial charge on any atom is -0.339 e. The highest BCUT2D eigenvalue weighted by Crippen LogP contribution is 2.20. The van der Waals surface area contributed by atoms with Crippen LogP contribution in [0.4, 0.5) is 0 Å². The van der Waals surface area contributed by atoms with Crippen LogP contribution in [0.5, 0.6) is 0 Å². The monoisotopic (exact) mass is 207 g/mol. The van der Waals surface area contributed by atoms with Crippen molar-refractivity contribution >= 4 is 22.3 Å². The highest BCUT2D eigenvalue weighted by Gasteiger charge is 1.99. The summed E-state index contributed by atoms with van der Waals surface area (Å²) in [6.07, 6.45) is 1.62. The van der Waals surface area contributed by atoms with Crippen LogP contribution < -0.4 is 4.72 Å². The number of carbonyl (C=O) groups is 1. The summed E-state index contributed by atoms with van der Waals surface area (Å²) in [5, 5.41) is 0. The van der Waals surface area contributed by atoms with Crippen molar-refractivity contribution in [3.05, 3.63) is 42.6 Å². The number of Topliss-reactive ketones (excluding diaryl/α,β-unsaturated/α-hetero) is 1. The Hall–Kier alpha value is -1.35. The third-order valence-corrected chi connectivity index (χ3v) is 3.06. The predicted molar refractivity (Wildman–Crippen MR) is 62.8 cm³/mol. The van der Waals surface area contributed by atoms with E-state index in [9.17, 15) is 4.79 Å². The van der Waals surface area contributed by atoms with E-state index in [0.29, 0.717) is 0 Å². The van der Waals surface area contributed by atoms with E-state index in [0.717, 1.165) is 10.5 Å². The molecule has 0 fully saturated rings. The molecule has 0 spiro atoms. The van der Waals surface area contributed by atoms with E-state index in [-0.39, 0.29) is 16.5 Å². The molecule has 1 rings (SSSR count). The zero-order chi connectivity index (χ0) is 10.6. The molecule has 14 heavy (non-hydrogen) atoms. The molecule has 0 aliphatic heterocycles. The summed E-state index contributed by atoms with van der Waals surface area (Å²) in [5.41, 5.74) is 0.726. The highest BCUT2D eigenvalue weighted by molar-refractivity contribution is 8.12. The quantitative estimate of drug-likeness (QED) is 0.607. The van der Waals surface area contributed by atoms with Crippen LogP contribution in [0, 0.1) is 0 Å². The second-order valence-corrected chi connectivity index (χ2v) is 4.28. The van der Waals surface area contributed by atoms with Crippen LogP contribution in [0.15, 0.2) is 41.9 Å². The van der Waals surface area contributed by atoms with Crippen molar-refractivity contribution in [1.29, 1.82) is 0 Å². The van der Waals surface area contributed by atoms with Crippen LogP contribution in [0.25, 0.3) is 0 Å². The molecule has 1 unspecified atom stereocenters. The summed E-state index contributed by atoms with van der Waals surface area (Å²) in [5.74, 6) is 4.01. The number of rotatable bonds is 4. The van der Waals surface area contributed by atoms with Gasteiger partial charge in [-0.2, -0.15) is 0 Å². The van der Waals surface area contributed by atoms with Crippen molar-refractivity contribution in [1.82, 2.24) is 4.72 Å². The van der Waals surface area contributed by atoms with Gasteiger partial charge < -0.3 is 4.72 Å². The minimum absolute atomic E-state index is 0.0807. The second kappa shape index (κ2) is 4.77. The van der Waals surface area contributed by atoms with Crippen molar-refractivity contribution in [3.63, 3.8) is 0 Å². The van der Waals surface area contributed by atoms with Gasteiger partial charge in [-0.1, -0.05) is 35.3 Å². The Labute approximate surface area is 86.7 Å². The van der Waals surface area contributed by atoms with Gasteiger partial charge in [0.25, 0.3) is 0 Å². The Morgan fingerprint density at radius 3 is 2.43 bits per heavy atom. The number of hydrogen-bond acceptors (Lipinski definition) is 2. The second-order valence-electron chi connectivity index (χ2n) is 2.79. The first-order chi connectivity index (χ1) is 6.65. The molecule has 0 heterocycles. The minimum atomic E-state index is -0.284. The summed E-state index contributed by atoms with van der Waals surface area (Å²) in [6, 6.07) is 7.44. The Morgan fingerprint density at radius 1 is 1.43 bits per heavy atom. The molecule has 2 nitrogen and oxygen atoms in total. The summed E-state index contributed by atoms with van der Waals surface area (Å²) in [4.78, 5) is 12.1. The zero-order valence-electron chi connectivity index (χ0n) is 8.12. The van der Waals surface area contributed by atoms with Crippen molar-refractivity contribution in [2.45, 2.75) is 11.8 Å². The van der Waals surface area contributed by atoms with Crippen LogP contribution in [-0.2, 0) is 0 Å². The fourth-order valence-corrected chi connectivity index (χ4v) is 1.82. The van der Waals surface area contributed by atoms with Crippen LogP contribution in [0.3, 0.4) is 0 Å². The van der Waals surface area contributed by atoms with Gasteiger partial charge in [-0.05, 0) is 25.3 Å². The van der Waals surface area contributed by atoms with Gasteiger partial charge in [0.15, 0.2) is 5.78 Å². The zero-order valence-corrected chi connectivity index (χ0v) is 8.93. The van der Waals surface area contributed by atoms with E-state index in [4.69, 9.17) is 0 Å². The van der Waals surface area contributed by atoms with Gasteiger partial charge in [0, 0.05) is 10.5 Å². The average Bonchev–Trinajstić information content (AvgIpc) is 2.18. The molecule has 0 aliphatic carbocycles. The molecule has 74 valence electrons. The Balaban J connectivity index is 2.88. The number of nitrogens with one attached hydrogen (secondary N) is 1. The maximum Gasteiger partial charge on any atom is 0.159 e. The van der Waals surface area contributed by atoms with Crippen molar-refractivity contribution < 1.29 is 4.79 Å². The molecular weight excluding hydrogens is 194 g/mol. The molecule has 1 atom stereocenters. The van der Waals surface area contributed by atoms with E-state index in [1.54, 1.807) is 13.1 Å². The lowest BCUT2D eigenvalue weighted by molar-refractivity contribution is 0.101. The maximum atomic E-state index is 11.0. The third-order valence-electron chi connectivity index (χ3n) is 1.77. The fourth-order valence-electron chi connectivity index (χ4n) is 1.02. The first kappa shape index (κ1) is 10.7. The molecule has 0 bridgehead atoms. The molecule has 1 aromatic rings. The predicted octanol–water partition coefficient (Wildman–Crippen LogP) is 2.60. The lowest BCUT2D eigenvalue weighted by atomic mass is 10.2. The number of benzene rings is 1. The van der Waals surface area contributed by atoms with Crippen molar-refractivity contribution in [3.8, 4) is 0 Å². The van der Waals surface area contributed by atoms with Crippen molar-refractivity contribution in [2.24, 2.45) is 0 Å². The summed E-state index contributed by atoms with van der Waals surface area (Å²) in [6.45, 7) is 5.13. The SMILES string of the molecule is C=CNS(=C)c1ccc(C(C)=O)cc1. The lowest BCUT2D eigenvalue weighted by Crippen LogP contribution is -1.95. The Bertz CT molecular complexity index is 367. The molecule has 0 aromatic heterocycles. The molecule has 0 aliphatic rings. The molecule has 0 amide bonds. The normalized spacial score (nSPS) is 11.8. The molecule has 1 N–H and O–H groups in total. The molecular formula is C11H13NOS. The van der Waals surface area contributed by atoms with E-state index >= 15 is 0 Å². The first-order valence-corrected chi connectivity index (χ1v) is 5.56. The van der Waals surface area contributed by atoms with Gasteiger partial charge in [0.1, 0.15) is 0 Å². The smallest absolute Gasteiger partial charge is 0.159 e. The topological polar surface area (TPSA) is 29.1 Å². The standard InChI is InChI=1S/C11H13NOS/c1-4-12-14(3)11-7-5-10(6-8-11)9(2)13/h4-8,12H,1,3H2,2H3. The molecule has 0 radical (unpaired) electrons. The van der Waals surface area contributed by atoms with Gasteiger partial charge >= 0.3 is 0 Å². The van der Waals surface area contributed by atoms with Gasteiger partial charge in [0.05, 0.1) is 0 Å². The largest absolute Gasteiger partial charge is 0.339 e. The number of hydrogen-bond donors (Lipinski definition) is 1. The van der Waals surface area contributed by atoms with Gasteiger partial charge in [-0.25, -0.2) is 0 Å². The van der Waals surface area contributed by atoms with E-state index in [2.05, 4.69) is 17.2 Å². The van der Waals surface area contributed by atoms with Crippen LogP contribution in [0.1, 0.15) is 17.3 Å². The Morgan fingerprint density at radius 2 is 2.00 bits per heavy atom. The van der Waals surface area contributed by atoms with E-state index in [1.165, 1.54) is 0 Å². The van der Waals surface area contributed by atoms with Gasteiger partial charge in [-0.15, -0.1) is 0 Å². The molecule has 0 saturated heterocycles. The Kier molecular flexibility index (Phi) is 3.65. The van der Waals surface area contributed by atoms with E-state index < -0.39 is 0 Å². The van der Waals surface area contributed by atoms with Gasteiger partial charge in [0.2, 0.25) is 0 Å². The van der Waals surface area contributed by atoms with Gasteiger partial charge in [-0.3, -0.25) is 4.79 Å². The molecule has 3 heteroatoms. The highest BCUT2D eigenvalue weighted by atomic mass is 32.2. The summed E-state index contributed by atoms with van der Waals surface area (Å²) < 4.78 is 3.01. The number of ketones is 1. The number of carbonyl (C=O) groups excluding carboxylic acids is 1. The summed E-state index contributed by atoms with van der Waals surface area (Å²) in [7, 11) is -0.284. The average molecular weight is 207 g/mol. The molecule has 0 saturated carbocycles. The third kappa shape index (κ3) is 2.57. The fraction of sp³-hybridized carbons (Fsp3) is 0.0909. The van der Waals surface area contributed by atoms with Crippen molar-refractivity contribution in [2.75, 3.05) is 0 Å². The lowest BCUT2D eigenvalue weighted by Gasteiger charge is -2.06. The maximum absolute atomic E-state index is 11.0. The first-order valence-electron chi connectivity index (χ1n) is 4.17. The van der Waals surface area contributed by atoms with Crippen LogP contribution >= 0.6 is 10.7 Å². The van der Waals surface area contributed by atoms with Crippen LogP contribution in [0.2, 0.25) is 0 Å².